The summed E-state index contributed by atoms with van der Waals surface area (Å²) in [7, 11) is 0. The van der Waals surface area contributed by atoms with Gasteiger partial charge in [0.2, 0.25) is 5.88 Å². The fourth-order valence-electron chi connectivity index (χ4n) is 1.88. The van der Waals surface area contributed by atoms with Crippen LogP contribution in [0.15, 0.2) is 24.5 Å². The first-order chi connectivity index (χ1) is 9.88. The van der Waals surface area contributed by atoms with Gasteiger partial charge in [0.1, 0.15) is 11.3 Å². The molecule has 1 amide bonds. The van der Waals surface area contributed by atoms with Crippen molar-refractivity contribution in [3.05, 3.63) is 46.9 Å². The Morgan fingerprint density at radius 3 is 2.57 bits per heavy atom. The van der Waals surface area contributed by atoms with Gasteiger partial charge in [0.05, 0.1) is 11.8 Å². The van der Waals surface area contributed by atoms with E-state index in [0.29, 0.717) is 11.3 Å². The van der Waals surface area contributed by atoms with E-state index in [1.54, 1.807) is 19.9 Å². The van der Waals surface area contributed by atoms with Gasteiger partial charge in [-0.15, -0.1) is 0 Å². The number of nitrogens with zero attached hydrogens (tertiary/aromatic N) is 2. The van der Waals surface area contributed by atoms with Gasteiger partial charge in [0.25, 0.3) is 5.91 Å². The average Bonchev–Trinajstić information content (AvgIpc) is 2.37. The van der Waals surface area contributed by atoms with Crippen molar-refractivity contribution in [1.82, 2.24) is 9.97 Å². The molecule has 0 bridgehead atoms. The normalized spacial score (nSPS) is 10.2. The van der Waals surface area contributed by atoms with Crippen LogP contribution in [0, 0.1) is 13.8 Å². The van der Waals surface area contributed by atoms with E-state index in [-0.39, 0.29) is 22.8 Å². The zero-order valence-electron chi connectivity index (χ0n) is 11.5. The lowest BCUT2D eigenvalue weighted by Gasteiger charge is -2.11. The fourth-order valence-corrected chi connectivity index (χ4v) is 1.88. The summed E-state index contributed by atoms with van der Waals surface area (Å²) in [5.41, 5.74) is 6.73. The molecule has 2 aromatic heterocycles. The number of amides is 1. The lowest BCUT2D eigenvalue weighted by molar-refractivity contribution is 0.0695. The Kier molecular flexibility index (Phi) is 3.84. The summed E-state index contributed by atoms with van der Waals surface area (Å²) in [5, 5.41) is 8.92. The number of rotatable bonds is 4. The monoisotopic (exact) mass is 287 g/mol. The smallest absolute Gasteiger partial charge is 0.337 e. The number of carboxylic acids is 1. The van der Waals surface area contributed by atoms with Crippen LogP contribution in [-0.4, -0.2) is 27.0 Å². The molecule has 2 aromatic rings. The number of carbonyl (C=O) groups is 2. The van der Waals surface area contributed by atoms with Crippen molar-refractivity contribution in [2.75, 3.05) is 0 Å². The minimum atomic E-state index is -1.13. The molecule has 2 heterocycles. The van der Waals surface area contributed by atoms with Gasteiger partial charge in [0, 0.05) is 11.9 Å². The quantitative estimate of drug-likeness (QED) is 0.883. The Morgan fingerprint density at radius 1 is 1.24 bits per heavy atom. The van der Waals surface area contributed by atoms with Crippen LogP contribution < -0.4 is 10.5 Å². The third kappa shape index (κ3) is 3.14. The molecule has 0 aliphatic heterocycles. The van der Waals surface area contributed by atoms with Crippen LogP contribution in [-0.2, 0) is 0 Å². The van der Waals surface area contributed by atoms with Crippen molar-refractivity contribution >= 4 is 11.9 Å². The molecule has 2 rings (SSSR count). The molecule has 0 aromatic carbocycles. The highest BCUT2D eigenvalue weighted by atomic mass is 16.5. The molecule has 0 fully saturated rings. The average molecular weight is 287 g/mol. The molecule has 7 heteroatoms. The van der Waals surface area contributed by atoms with Crippen LogP contribution in [0.2, 0.25) is 0 Å². The van der Waals surface area contributed by atoms with E-state index >= 15 is 0 Å². The number of nitrogens with two attached hydrogens (primary N) is 1. The molecule has 0 atom stereocenters. The molecule has 0 saturated heterocycles. The molecular weight excluding hydrogens is 274 g/mol. The van der Waals surface area contributed by atoms with Gasteiger partial charge in [-0.2, -0.15) is 0 Å². The van der Waals surface area contributed by atoms with Crippen molar-refractivity contribution in [1.29, 1.82) is 0 Å². The first-order valence-corrected chi connectivity index (χ1v) is 6.02. The van der Waals surface area contributed by atoms with E-state index < -0.39 is 11.9 Å². The number of hydrogen-bond donors (Lipinski definition) is 2. The highest BCUT2D eigenvalue weighted by molar-refractivity contribution is 5.96. The van der Waals surface area contributed by atoms with Crippen molar-refractivity contribution in [3.8, 4) is 11.6 Å². The van der Waals surface area contributed by atoms with E-state index in [1.165, 1.54) is 18.5 Å². The standard InChI is InChI=1S/C14H13N3O4/c1-7-3-8(2)17-13(11(7)12(15)18)21-10-4-9(14(19)20)5-16-6-10/h3-6H,1-2H3,(H2,15,18)(H,19,20). The molecule has 21 heavy (non-hydrogen) atoms. The van der Waals surface area contributed by atoms with Gasteiger partial charge in [-0.25, -0.2) is 9.78 Å². The Bertz CT molecular complexity index is 728. The molecule has 0 aliphatic rings. The predicted octanol–water partition coefficient (Wildman–Crippen LogP) is 1.68. The van der Waals surface area contributed by atoms with Crippen molar-refractivity contribution in [3.63, 3.8) is 0 Å². The first kappa shape index (κ1) is 14.4. The minimum Gasteiger partial charge on any atom is -0.478 e. The molecule has 0 spiro atoms. The molecule has 108 valence electrons. The highest BCUT2D eigenvalue weighted by Gasteiger charge is 2.17. The molecule has 0 unspecified atom stereocenters. The third-order valence-corrected chi connectivity index (χ3v) is 2.73. The number of aromatic carboxylic acids is 1. The second kappa shape index (κ2) is 5.58. The van der Waals surface area contributed by atoms with Crippen LogP contribution in [0.5, 0.6) is 11.6 Å². The number of aromatic nitrogens is 2. The number of pyridine rings is 2. The summed E-state index contributed by atoms with van der Waals surface area (Å²) in [6.07, 6.45) is 2.52. The van der Waals surface area contributed by atoms with Crippen molar-refractivity contribution < 1.29 is 19.4 Å². The Balaban J connectivity index is 2.46. The predicted molar refractivity (Wildman–Crippen MR) is 73.5 cm³/mol. The van der Waals surface area contributed by atoms with Crippen molar-refractivity contribution in [2.45, 2.75) is 13.8 Å². The van der Waals surface area contributed by atoms with Gasteiger partial charge in [0.15, 0.2) is 0 Å². The molecule has 3 N–H and O–H groups in total. The molecule has 0 radical (unpaired) electrons. The lowest BCUT2D eigenvalue weighted by Crippen LogP contribution is -2.15. The van der Waals surface area contributed by atoms with Crippen molar-refractivity contribution in [2.24, 2.45) is 5.73 Å². The number of carbonyl (C=O) groups excluding carboxylic acids is 1. The maximum absolute atomic E-state index is 11.5. The topological polar surface area (TPSA) is 115 Å². The summed E-state index contributed by atoms with van der Waals surface area (Å²) in [4.78, 5) is 30.3. The van der Waals surface area contributed by atoms with Gasteiger partial charge in [-0.1, -0.05) is 0 Å². The SMILES string of the molecule is Cc1cc(C)c(C(N)=O)c(Oc2cncc(C(=O)O)c2)n1. The molecular formula is C14H13N3O4. The first-order valence-electron chi connectivity index (χ1n) is 6.02. The summed E-state index contributed by atoms with van der Waals surface area (Å²) in [6.45, 7) is 3.46. The van der Waals surface area contributed by atoms with E-state index in [0.717, 1.165) is 0 Å². The zero-order valence-corrected chi connectivity index (χ0v) is 11.5. The van der Waals surface area contributed by atoms with Gasteiger partial charge < -0.3 is 15.6 Å². The number of primary amides is 1. The lowest BCUT2D eigenvalue weighted by atomic mass is 10.1. The third-order valence-electron chi connectivity index (χ3n) is 2.73. The number of hydrogen-bond acceptors (Lipinski definition) is 5. The van der Waals surface area contributed by atoms with Crippen LogP contribution in [0.1, 0.15) is 32.0 Å². The summed E-state index contributed by atoms with van der Waals surface area (Å²) in [5.74, 6) is -1.60. The van der Waals surface area contributed by atoms with E-state index in [2.05, 4.69) is 9.97 Å². The maximum Gasteiger partial charge on any atom is 0.337 e. The van der Waals surface area contributed by atoms with E-state index in [1.807, 2.05) is 0 Å². The minimum absolute atomic E-state index is 0.0301. The summed E-state index contributed by atoms with van der Waals surface area (Å²) < 4.78 is 5.49. The van der Waals surface area contributed by atoms with Crippen LogP contribution in [0.25, 0.3) is 0 Å². The van der Waals surface area contributed by atoms with E-state index in [4.69, 9.17) is 15.6 Å². The van der Waals surface area contributed by atoms with Crippen LogP contribution in [0.4, 0.5) is 0 Å². The number of carboxylic acid groups (broad SMARTS) is 1. The van der Waals surface area contributed by atoms with Crippen LogP contribution in [0.3, 0.4) is 0 Å². The van der Waals surface area contributed by atoms with Crippen LogP contribution >= 0.6 is 0 Å². The second-order valence-electron chi connectivity index (χ2n) is 4.44. The molecule has 0 saturated carbocycles. The largest absolute Gasteiger partial charge is 0.478 e. The van der Waals surface area contributed by atoms with Gasteiger partial charge in [-0.3, -0.25) is 9.78 Å². The zero-order chi connectivity index (χ0) is 15.6. The summed E-state index contributed by atoms with van der Waals surface area (Å²) >= 11 is 0. The molecule has 7 nitrogen and oxygen atoms in total. The second-order valence-corrected chi connectivity index (χ2v) is 4.44. The van der Waals surface area contributed by atoms with E-state index in [9.17, 15) is 9.59 Å². The number of ether oxygens (including phenoxy) is 1. The Labute approximate surface area is 120 Å². The summed E-state index contributed by atoms with van der Waals surface area (Å²) in [6, 6.07) is 3.00. The van der Waals surface area contributed by atoms with Gasteiger partial charge >= 0.3 is 5.97 Å². The Hall–Kier alpha value is -2.96. The molecule has 0 aliphatic carbocycles. The maximum atomic E-state index is 11.5. The van der Waals surface area contributed by atoms with Gasteiger partial charge in [-0.05, 0) is 31.5 Å². The highest BCUT2D eigenvalue weighted by Crippen LogP contribution is 2.26. The Morgan fingerprint density at radius 2 is 1.95 bits per heavy atom. The fraction of sp³-hybridized carbons (Fsp3) is 0.143. The number of aryl methyl sites for hydroxylation is 2.